The first kappa shape index (κ1) is 24.2. The molecule has 0 fully saturated rings. The van der Waals surface area contributed by atoms with Gasteiger partial charge in [0.2, 0.25) is 0 Å². The molecule has 1 aromatic carbocycles. The minimum Gasteiger partial charge on any atom is -0.444 e. The van der Waals surface area contributed by atoms with E-state index in [9.17, 15) is 14.0 Å². The van der Waals surface area contributed by atoms with Gasteiger partial charge in [0, 0.05) is 25.4 Å². The molecule has 0 bridgehead atoms. The molecular formula is C22H29FN4O4. The van der Waals surface area contributed by atoms with Gasteiger partial charge in [0.25, 0.3) is 5.91 Å². The van der Waals surface area contributed by atoms with Crippen molar-refractivity contribution in [1.29, 1.82) is 0 Å². The quantitative estimate of drug-likeness (QED) is 0.491. The van der Waals surface area contributed by atoms with Crippen LogP contribution in [0.2, 0.25) is 0 Å². The summed E-state index contributed by atoms with van der Waals surface area (Å²) in [5.74, 6) is -0.924. The zero-order valence-corrected chi connectivity index (χ0v) is 18.4. The summed E-state index contributed by atoms with van der Waals surface area (Å²) in [6.45, 7) is 7.39. The van der Waals surface area contributed by atoms with Gasteiger partial charge in [0.05, 0.1) is 18.0 Å². The largest absolute Gasteiger partial charge is 0.444 e. The maximum atomic E-state index is 14.5. The molecular weight excluding hydrogens is 403 g/mol. The molecule has 2 amide bonds. The van der Waals surface area contributed by atoms with Gasteiger partial charge in [-0.25, -0.2) is 19.6 Å². The zero-order valence-electron chi connectivity index (χ0n) is 18.4. The van der Waals surface area contributed by atoms with Gasteiger partial charge in [-0.1, -0.05) is 6.07 Å². The van der Waals surface area contributed by atoms with E-state index in [-0.39, 0.29) is 5.56 Å². The highest BCUT2D eigenvalue weighted by molar-refractivity contribution is 5.98. The number of rotatable bonds is 8. The molecule has 0 aliphatic heterocycles. The van der Waals surface area contributed by atoms with Crippen LogP contribution >= 0.6 is 0 Å². The second-order valence-electron chi connectivity index (χ2n) is 7.82. The highest BCUT2D eigenvalue weighted by atomic mass is 19.1. The number of aromatic nitrogens is 1. The van der Waals surface area contributed by atoms with Crippen molar-refractivity contribution in [3.63, 3.8) is 0 Å². The predicted octanol–water partition coefficient (Wildman–Crippen LogP) is 3.28. The number of pyridine rings is 1. The fraction of sp³-hybridized carbons (Fsp3) is 0.409. The second-order valence-corrected chi connectivity index (χ2v) is 7.82. The smallest absolute Gasteiger partial charge is 0.408 e. The lowest BCUT2D eigenvalue weighted by Gasteiger charge is -2.28. The van der Waals surface area contributed by atoms with E-state index in [1.54, 1.807) is 52.1 Å². The van der Waals surface area contributed by atoms with Crippen molar-refractivity contribution in [2.45, 2.75) is 39.3 Å². The van der Waals surface area contributed by atoms with Crippen LogP contribution in [0, 0.1) is 5.82 Å². The Kier molecular flexibility index (Phi) is 8.47. The van der Waals surface area contributed by atoms with E-state index in [0.717, 1.165) is 0 Å². The summed E-state index contributed by atoms with van der Waals surface area (Å²) in [6.07, 6.45) is 0.854. The predicted molar refractivity (Wildman–Crippen MR) is 116 cm³/mol. The number of alkyl carbamates (subject to hydrolysis) is 1. The van der Waals surface area contributed by atoms with Crippen molar-refractivity contribution in [3.05, 3.63) is 48.4 Å². The van der Waals surface area contributed by atoms with Crippen LogP contribution in [0.15, 0.2) is 42.6 Å². The molecule has 0 aliphatic rings. The highest BCUT2D eigenvalue weighted by Crippen LogP contribution is 2.26. The summed E-state index contributed by atoms with van der Waals surface area (Å²) in [5, 5.41) is 3.78. The maximum absolute atomic E-state index is 14.5. The number of hydrogen-bond donors (Lipinski definition) is 2. The molecule has 0 aliphatic carbocycles. The summed E-state index contributed by atoms with van der Waals surface area (Å²) in [4.78, 5) is 29.4. The number of ether oxygens (including phenoxy) is 2. The van der Waals surface area contributed by atoms with Crippen molar-refractivity contribution in [3.8, 4) is 11.3 Å². The molecule has 1 heterocycles. The molecule has 168 valence electrons. The fourth-order valence-electron chi connectivity index (χ4n) is 2.67. The normalized spacial score (nSPS) is 12.2. The summed E-state index contributed by atoms with van der Waals surface area (Å²) in [6, 6.07) is 8.52. The zero-order chi connectivity index (χ0) is 23.0. The van der Waals surface area contributed by atoms with Crippen LogP contribution in [-0.2, 0) is 14.3 Å². The second kappa shape index (κ2) is 10.8. The van der Waals surface area contributed by atoms with E-state index < -0.39 is 29.5 Å². The van der Waals surface area contributed by atoms with Crippen molar-refractivity contribution in [1.82, 2.24) is 15.7 Å². The Balaban J connectivity index is 2.29. The first-order valence-electron chi connectivity index (χ1n) is 9.89. The number of hydrazine groups is 1. The van der Waals surface area contributed by atoms with Gasteiger partial charge in [-0.05, 0) is 58.0 Å². The first-order valence-corrected chi connectivity index (χ1v) is 9.89. The molecule has 0 unspecified atom stereocenters. The Morgan fingerprint density at radius 3 is 2.58 bits per heavy atom. The fourth-order valence-corrected chi connectivity index (χ4v) is 2.67. The van der Waals surface area contributed by atoms with Gasteiger partial charge in [0.1, 0.15) is 17.5 Å². The summed E-state index contributed by atoms with van der Waals surface area (Å²) >= 11 is 0. The Bertz CT molecular complexity index is 887. The van der Waals surface area contributed by atoms with Gasteiger partial charge in [-0.15, -0.1) is 0 Å². The van der Waals surface area contributed by atoms with E-state index in [2.05, 4.69) is 15.7 Å². The molecule has 0 radical (unpaired) electrons. The average Bonchev–Trinajstić information content (AvgIpc) is 2.70. The standard InChI is InChI=1S/C22H29FN4O4/c1-15(26-21(29)31-22(2,3)4)20(28)27(25-12-13-30-5)16-9-10-18(23)17(14-16)19-8-6-7-11-24-19/h6-11,14-15,25H,12-13H2,1-5H3,(H,26,29)/t15-/m0/s1. The van der Waals surface area contributed by atoms with Crippen LogP contribution in [0.5, 0.6) is 0 Å². The molecule has 1 atom stereocenters. The van der Waals surface area contributed by atoms with Crippen LogP contribution in [0.25, 0.3) is 11.3 Å². The van der Waals surface area contributed by atoms with Crippen molar-refractivity contribution in [2.75, 3.05) is 25.3 Å². The number of amides is 2. The lowest BCUT2D eigenvalue weighted by atomic mass is 10.1. The van der Waals surface area contributed by atoms with E-state index in [1.807, 2.05) is 0 Å². The highest BCUT2D eigenvalue weighted by Gasteiger charge is 2.26. The van der Waals surface area contributed by atoms with Gasteiger partial charge < -0.3 is 14.8 Å². The number of benzene rings is 1. The molecule has 31 heavy (non-hydrogen) atoms. The minimum absolute atomic E-state index is 0.247. The average molecular weight is 432 g/mol. The van der Waals surface area contributed by atoms with Gasteiger partial charge in [0.15, 0.2) is 0 Å². The number of methoxy groups -OCH3 is 1. The van der Waals surface area contributed by atoms with E-state index in [1.165, 1.54) is 30.3 Å². The van der Waals surface area contributed by atoms with Gasteiger partial charge in [-0.2, -0.15) is 0 Å². The van der Waals surface area contributed by atoms with E-state index in [4.69, 9.17) is 9.47 Å². The molecule has 0 spiro atoms. The third-order valence-electron chi connectivity index (χ3n) is 4.05. The molecule has 2 N–H and O–H groups in total. The number of carbonyl (C=O) groups is 2. The lowest BCUT2D eigenvalue weighted by Crippen LogP contribution is -2.53. The van der Waals surface area contributed by atoms with Crippen LogP contribution in [0.3, 0.4) is 0 Å². The number of hydrogen-bond acceptors (Lipinski definition) is 6. The molecule has 2 rings (SSSR count). The molecule has 0 saturated carbocycles. The first-order chi connectivity index (χ1) is 14.6. The number of anilines is 1. The topological polar surface area (TPSA) is 92.8 Å². The summed E-state index contributed by atoms with van der Waals surface area (Å²) < 4.78 is 24.7. The van der Waals surface area contributed by atoms with Crippen molar-refractivity contribution >= 4 is 17.7 Å². The number of halogens is 1. The Labute approximate surface area is 181 Å². The lowest BCUT2D eigenvalue weighted by molar-refractivity contribution is -0.121. The molecule has 8 nitrogen and oxygen atoms in total. The van der Waals surface area contributed by atoms with Gasteiger partial charge in [-0.3, -0.25) is 9.78 Å². The maximum Gasteiger partial charge on any atom is 0.408 e. The minimum atomic E-state index is -0.909. The molecule has 9 heteroatoms. The van der Waals surface area contributed by atoms with Gasteiger partial charge >= 0.3 is 6.09 Å². The number of nitrogens with zero attached hydrogens (tertiary/aromatic N) is 2. The van der Waals surface area contributed by atoms with Crippen LogP contribution in [0.4, 0.5) is 14.9 Å². The SMILES string of the molecule is COCCNN(C(=O)[C@H](C)NC(=O)OC(C)(C)C)c1ccc(F)c(-c2ccccn2)c1. The summed E-state index contributed by atoms with van der Waals surface area (Å²) in [5.41, 5.74) is 3.34. The number of carbonyl (C=O) groups excluding carboxylic acids is 2. The van der Waals surface area contributed by atoms with E-state index in [0.29, 0.717) is 24.5 Å². The Hall–Kier alpha value is -3.04. The van der Waals surface area contributed by atoms with Crippen molar-refractivity contribution in [2.24, 2.45) is 0 Å². The number of nitrogens with one attached hydrogen (secondary N) is 2. The molecule has 0 saturated heterocycles. The Morgan fingerprint density at radius 2 is 1.97 bits per heavy atom. The third kappa shape index (κ3) is 7.30. The monoisotopic (exact) mass is 432 g/mol. The van der Waals surface area contributed by atoms with Crippen LogP contribution < -0.4 is 15.8 Å². The van der Waals surface area contributed by atoms with Crippen molar-refractivity contribution < 1.29 is 23.5 Å². The molecule has 1 aromatic heterocycles. The molecule has 2 aromatic rings. The Morgan fingerprint density at radius 1 is 1.23 bits per heavy atom. The van der Waals surface area contributed by atoms with E-state index >= 15 is 0 Å². The van der Waals surface area contributed by atoms with Crippen LogP contribution in [0.1, 0.15) is 27.7 Å². The summed E-state index contributed by atoms with van der Waals surface area (Å²) in [7, 11) is 1.54. The van der Waals surface area contributed by atoms with Crippen LogP contribution in [-0.4, -0.2) is 48.9 Å². The third-order valence-corrected chi connectivity index (χ3v) is 4.05.